The van der Waals surface area contributed by atoms with Gasteiger partial charge in [-0.1, -0.05) is 13.2 Å². The van der Waals surface area contributed by atoms with E-state index in [2.05, 4.69) is 33.8 Å². The van der Waals surface area contributed by atoms with Crippen molar-refractivity contribution in [1.29, 1.82) is 0 Å². The number of alkyl halides is 3. The minimum Gasteiger partial charge on any atom is -0.378 e. The molecule has 0 aliphatic rings. The van der Waals surface area contributed by atoms with Gasteiger partial charge in [0.1, 0.15) is 0 Å². The maximum Gasteiger partial charge on any atom is 0.417 e. The number of nitrogens with zero attached hydrogens (tertiary/aromatic N) is 1. The molecule has 2 aromatic heterocycles. The van der Waals surface area contributed by atoms with Crippen molar-refractivity contribution in [1.82, 2.24) is 15.3 Å². The monoisotopic (exact) mass is 394 g/mol. The van der Waals surface area contributed by atoms with E-state index in [9.17, 15) is 22.0 Å². The van der Waals surface area contributed by atoms with Gasteiger partial charge >= 0.3 is 6.18 Å². The molecule has 0 fully saturated rings. The molecule has 0 radical (unpaired) electrons. The Labute approximate surface area is 156 Å². The van der Waals surface area contributed by atoms with E-state index in [-0.39, 0.29) is 6.54 Å². The van der Waals surface area contributed by atoms with Crippen molar-refractivity contribution in [2.75, 3.05) is 5.32 Å². The predicted octanol–water partition coefficient (Wildman–Crippen LogP) is 5.09. The number of hydrogen-bond donors (Lipinski definition) is 3. The van der Waals surface area contributed by atoms with Crippen molar-refractivity contribution in [3.8, 4) is 0 Å². The lowest BCUT2D eigenvalue weighted by molar-refractivity contribution is -0.137. The maximum atomic E-state index is 13.5. The minimum atomic E-state index is -4.44. The van der Waals surface area contributed by atoms with Crippen LogP contribution in [0.1, 0.15) is 11.3 Å². The van der Waals surface area contributed by atoms with Gasteiger partial charge in [-0.25, -0.2) is 8.78 Å². The van der Waals surface area contributed by atoms with E-state index >= 15 is 0 Å². The van der Waals surface area contributed by atoms with Gasteiger partial charge in [0.25, 0.3) is 0 Å². The molecule has 28 heavy (non-hydrogen) atoms. The topological polar surface area (TPSA) is 52.7 Å². The van der Waals surface area contributed by atoms with Crippen molar-refractivity contribution in [2.45, 2.75) is 12.7 Å². The molecule has 4 nitrogen and oxygen atoms in total. The predicted molar refractivity (Wildman–Crippen MR) is 96.2 cm³/mol. The summed E-state index contributed by atoms with van der Waals surface area (Å²) in [6, 6.07) is 4.30. The molecule has 146 valence electrons. The van der Waals surface area contributed by atoms with Crippen molar-refractivity contribution in [3.63, 3.8) is 0 Å². The molecule has 0 spiro atoms. The molecule has 3 aromatic rings. The molecule has 0 saturated carbocycles. The lowest BCUT2D eigenvalue weighted by Crippen LogP contribution is -2.17. The molecule has 0 saturated heterocycles. The third-order valence-electron chi connectivity index (χ3n) is 4.01. The number of fused-ring (bicyclic) bond motifs is 1. The second-order valence-corrected chi connectivity index (χ2v) is 5.99. The number of anilines is 1. The summed E-state index contributed by atoms with van der Waals surface area (Å²) in [6.45, 7) is 7.73. The zero-order valence-corrected chi connectivity index (χ0v) is 14.4. The van der Waals surface area contributed by atoms with Crippen LogP contribution in [0.3, 0.4) is 0 Å². The summed E-state index contributed by atoms with van der Waals surface area (Å²) in [5.41, 5.74) is 1.13. The number of benzene rings is 1. The van der Waals surface area contributed by atoms with E-state index < -0.39 is 23.4 Å². The first-order chi connectivity index (χ1) is 13.1. The van der Waals surface area contributed by atoms with Gasteiger partial charge in [-0.3, -0.25) is 4.98 Å². The normalized spacial score (nSPS) is 11.5. The number of aromatic amines is 1. The molecule has 0 bridgehead atoms. The summed E-state index contributed by atoms with van der Waals surface area (Å²) in [7, 11) is 0. The zero-order valence-electron chi connectivity index (χ0n) is 14.4. The van der Waals surface area contributed by atoms with Crippen LogP contribution in [0.5, 0.6) is 0 Å². The smallest absolute Gasteiger partial charge is 0.378 e. The second-order valence-electron chi connectivity index (χ2n) is 5.99. The van der Waals surface area contributed by atoms with Crippen LogP contribution in [0.25, 0.3) is 10.9 Å². The first-order valence-corrected chi connectivity index (χ1v) is 8.02. The summed E-state index contributed by atoms with van der Waals surface area (Å²) >= 11 is 0. The Kier molecular flexibility index (Phi) is 5.08. The molecule has 3 N–H and O–H groups in total. The van der Waals surface area contributed by atoms with Gasteiger partial charge in [-0.2, -0.15) is 13.2 Å². The highest BCUT2D eigenvalue weighted by atomic mass is 19.4. The molecule has 0 amide bonds. The first-order valence-electron chi connectivity index (χ1n) is 8.02. The Morgan fingerprint density at radius 1 is 1.07 bits per heavy atom. The molecule has 0 aliphatic carbocycles. The van der Waals surface area contributed by atoms with Gasteiger partial charge in [0.2, 0.25) is 0 Å². The number of rotatable bonds is 6. The number of aromatic nitrogens is 2. The van der Waals surface area contributed by atoms with Gasteiger partial charge in [0.15, 0.2) is 11.6 Å². The molecular formula is C19H15F5N4. The molecule has 0 atom stereocenters. The highest BCUT2D eigenvalue weighted by Gasteiger charge is 2.30. The van der Waals surface area contributed by atoms with Crippen LogP contribution >= 0.6 is 0 Å². The van der Waals surface area contributed by atoms with Crippen LogP contribution in [-0.2, 0) is 12.7 Å². The maximum absolute atomic E-state index is 13.5. The van der Waals surface area contributed by atoms with Gasteiger partial charge in [-0.05, 0) is 18.2 Å². The van der Waals surface area contributed by atoms with Crippen LogP contribution < -0.4 is 10.6 Å². The van der Waals surface area contributed by atoms with Crippen molar-refractivity contribution >= 4 is 16.6 Å². The Bertz CT molecular complexity index is 1030. The molecule has 0 unspecified atom stereocenters. The van der Waals surface area contributed by atoms with Gasteiger partial charge in [0, 0.05) is 23.8 Å². The van der Waals surface area contributed by atoms with Crippen molar-refractivity contribution in [3.05, 3.63) is 84.1 Å². The van der Waals surface area contributed by atoms with Crippen molar-refractivity contribution in [2.24, 2.45) is 0 Å². The standard InChI is InChI=1S/C19H15F5N4/c1-10(25-8-13-4-3-12(7-26-13)19(22,23)24)11(2)28-18-9-27-17-6-16(21)15(20)5-14(17)18/h3-7,9,25,27-28H,1-2,8H2. The van der Waals surface area contributed by atoms with Crippen LogP contribution in [0.2, 0.25) is 0 Å². The summed E-state index contributed by atoms with van der Waals surface area (Å²) in [4.78, 5) is 6.57. The van der Waals surface area contributed by atoms with Crippen LogP contribution in [0.15, 0.2) is 61.2 Å². The lowest BCUT2D eigenvalue weighted by Gasteiger charge is -2.14. The second kappa shape index (κ2) is 7.34. The van der Waals surface area contributed by atoms with Crippen molar-refractivity contribution < 1.29 is 22.0 Å². The average Bonchev–Trinajstić information content (AvgIpc) is 3.01. The van der Waals surface area contributed by atoms with E-state index in [1.807, 2.05) is 0 Å². The summed E-state index contributed by atoms with van der Waals surface area (Å²) < 4.78 is 64.4. The van der Waals surface area contributed by atoms with Crippen LogP contribution in [0.4, 0.5) is 27.6 Å². The Morgan fingerprint density at radius 2 is 1.79 bits per heavy atom. The third-order valence-corrected chi connectivity index (χ3v) is 4.01. The lowest BCUT2D eigenvalue weighted by atomic mass is 10.2. The number of halogens is 5. The molecule has 0 aliphatic heterocycles. The fourth-order valence-electron chi connectivity index (χ4n) is 2.46. The number of nitrogens with one attached hydrogen (secondary N) is 3. The number of hydrogen-bond acceptors (Lipinski definition) is 3. The largest absolute Gasteiger partial charge is 0.417 e. The highest BCUT2D eigenvalue weighted by molar-refractivity contribution is 5.93. The number of H-pyrrole nitrogens is 1. The van der Waals surface area contributed by atoms with E-state index in [0.717, 1.165) is 24.4 Å². The van der Waals surface area contributed by atoms with Gasteiger partial charge in [-0.15, -0.1) is 0 Å². The highest BCUT2D eigenvalue weighted by Crippen LogP contribution is 2.29. The van der Waals surface area contributed by atoms with Gasteiger partial charge in [0.05, 0.1) is 40.4 Å². The van der Waals surface area contributed by atoms with Crippen LogP contribution in [-0.4, -0.2) is 9.97 Å². The molecule has 2 heterocycles. The van der Waals surface area contributed by atoms with Gasteiger partial charge < -0.3 is 15.6 Å². The van der Waals surface area contributed by atoms with E-state index in [0.29, 0.717) is 33.7 Å². The quantitative estimate of drug-likeness (QED) is 0.403. The Hall–Kier alpha value is -3.36. The van der Waals surface area contributed by atoms with Crippen LogP contribution in [0, 0.1) is 11.6 Å². The summed E-state index contributed by atoms with van der Waals surface area (Å²) in [5.74, 6) is -1.94. The summed E-state index contributed by atoms with van der Waals surface area (Å²) in [6.07, 6.45) is -2.16. The molecule has 1 aromatic carbocycles. The first kappa shape index (κ1) is 19.4. The Morgan fingerprint density at radius 3 is 2.43 bits per heavy atom. The van der Waals surface area contributed by atoms with E-state index in [1.54, 1.807) is 0 Å². The fourth-order valence-corrected chi connectivity index (χ4v) is 2.46. The SMILES string of the molecule is C=C(NCc1ccc(C(F)(F)F)cn1)C(=C)Nc1c[nH]c2cc(F)c(F)cc12. The number of pyridine rings is 1. The van der Waals surface area contributed by atoms with E-state index in [1.165, 1.54) is 12.3 Å². The molecular weight excluding hydrogens is 379 g/mol. The fraction of sp³-hybridized carbons (Fsp3) is 0.105. The molecule has 3 rings (SSSR count). The average molecular weight is 394 g/mol. The third kappa shape index (κ3) is 4.13. The summed E-state index contributed by atoms with van der Waals surface area (Å²) in [5, 5.41) is 6.25. The minimum absolute atomic E-state index is 0.130. The Balaban J connectivity index is 1.62. The molecule has 9 heteroatoms. The zero-order chi connectivity index (χ0) is 20.5. The van der Waals surface area contributed by atoms with E-state index in [4.69, 9.17) is 0 Å².